The third-order valence-corrected chi connectivity index (χ3v) is 10.0. The summed E-state index contributed by atoms with van der Waals surface area (Å²) < 4.78 is 0. The third-order valence-electron chi connectivity index (χ3n) is 10.0. The van der Waals surface area contributed by atoms with Crippen LogP contribution in [0.15, 0.2) is 164 Å². The maximum absolute atomic E-state index is 5.15. The maximum Gasteiger partial charge on any atom is 0.164 e. The molecule has 0 N–H and O–H groups in total. The first-order valence-electron chi connectivity index (χ1n) is 19.3. The van der Waals surface area contributed by atoms with Gasteiger partial charge in [-0.1, -0.05) is 125 Å². The Morgan fingerprint density at radius 1 is 0.259 bits per heavy atom. The molecule has 278 valence electrons. The minimum atomic E-state index is 0.545. The summed E-state index contributed by atoms with van der Waals surface area (Å²) >= 11 is 0. The lowest BCUT2D eigenvalue weighted by molar-refractivity contribution is 1.07. The molecule has 0 saturated carbocycles. The molecule has 0 bridgehead atoms. The molecule has 0 aliphatic heterocycles. The molecule has 0 fully saturated rings. The molecular weight excluding hydrogens is 711 g/mol. The van der Waals surface area contributed by atoms with Crippen molar-refractivity contribution >= 4 is 0 Å². The maximum atomic E-state index is 5.15. The summed E-state index contributed by atoms with van der Waals surface area (Å²) in [7, 11) is 0. The van der Waals surface area contributed by atoms with Gasteiger partial charge in [0.1, 0.15) is 0 Å². The van der Waals surface area contributed by atoms with Crippen molar-refractivity contribution in [1.29, 1.82) is 0 Å². The lowest BCUT2D eigenvalue weighted by Gasteiger charge is -2.14. The molecule has 7 nitrogen and oxygen atoms in total. The molecule has 9 aromatic rings. The summed E-state index contributed by atoms with van der Waals surface area (Å²) in [5, 5.41) is 0. The third kappa shape index (κ3) is 7.79. The fourth-order valence-corrected chi connectivity index (χ4v) is 7.08. The van der Waals surface area contributed by atoms with Gasteiger partial charge in [-0.05, 0) is 93.4 Å². The summed E-state index contributed by atoms with van der Waals surface area (Å²) in [5.74, 6) is 3.48. The Morgan fingerprint density at radius 2 is 0.603 bits per heavy atom. The quantitative estimate of drug-likeness (QED) is 0.153. The number of rotatable bonds is 8. The fourth-order valence-electron chi connectivity index (χ4n) is 7.08. The number of aromatic nitrogens is 7. The number of aryl methyl sites for hydroxylation is 4. The van der Waals surface area contributed by atoms with E-state index in [4.69, 9.17) is 29.9 Å². The van der Waals surface area contributed by atoms with Crippen molar-refractivity contribution in [2.45, 2.75) is 27.7 Å². The van der Waals surface area contributed by atoms with Crippen LogP contribution in [-0.4, -0.2) is 34.9 Å². The Bertz CT molecular complexity index is 2660. The Hall–Kier alpha value is -7.51. The van der Waals surface area contributed by atoms with Gasteiger partial charge >= 0.3 is 0 Å². The van der Waals surface area contributed by atoms with Gasteiger partial charge in [-0.2, -0.15) is 0 Å². The number of benzene rings is 6. The van der Waals surface area contributed by atoms with Crippen LogP contribution < -0.4 is 0 Å². The molecule has 7 heteroatoms. The Labute approximate surface area is 338 Å². The summed E-state index contributed by atoms with van der Waals surface area (Å²) in [4.78, 5) is 35.2. The molecule has 58 heavy (non-hydrogen) atoms. The minimum Gasteiger partial charge on any atom is -0.256 e. The molecule has 0 aliphatic carbocycles. The normalized spacial score (nSPS) is 11.1. The lowest BCUT2D eigenvalue weighted by Crippen LogP contribution is -2.02. The lowest BCUT2D eigenvalue weighted by atomic mass is 9.97. The largest absolute Gasteiger partial charge is 0.256 e. The van der Waals surface area contributed by atoms with E-state index in [1.807, 2.05) is 72.9 Å². The molecule has 0 radical (unpaired) electrons. The molecule has 0 aliphatic rings. The molecule has 0 unspecified atom stereocenters. The Kier molecular flexibility index (Phi) is 9.69. The topological polar surface area (TPSA) is 90.2 Å². The molecule has 0 saturated heterocycles. The van der Waals surface area contributed by atoms with Gasteiger partial charge in [0, 0.05) is 45.1 Å². The monoisotopic (exact) mass is 749 g/mol. The van der Waals surface area contributed by atoms with Gasteiger partial charge in [0.15, 0.2) is 34.9 Å². The van der Waals surface area contributed by atoms with Crippen LogP contribution in [0.3, 0.4) is 0 Å². The van der Waals surface area contributed by atoms with E-state index in [-0.39, 0.29) is 0 Å². The van der Waals surface area contributed by atoms with E-state index in [1.165, 1.54) is 0 Å². The highest BCUT2D eigenvalue weighted by molar-refractivity contribution is 5.80. The molecular formula is C51H39N7. The zero-order chi connectivity index (χ0) is 39.6. The van der Waals surface area contributed by atoms with E-state index in [1.54, 1.807) is 0 Å². The molecule has 0 spiro atoms. The zero-order valence-corrected chi connectivity index (χ0v) is 32.7. The van der Waals surface area contributed by atoms with Crippen LogP contribution in [0.4, 0.5) is 0 Å². The second-order valence-corrected chi connectivity index (χ2v) is 14.7. The second-order valence-electron chi connectivity index (χ2n) is 14.7. The highest BCUT2D eigenvalue weighted by Gasteiger charge is 2.18. The minimum absolute atomic E-state index is 0.545. The van der Waals surface area contributed by atoms with E-state index in [0.29, 0.717) is 34.9 Å². The smallest absolute Gasteiger partial charge is 0.164 e. The highest BCUT2D eigenvalue weighted by Crippen LogP contribution is 2.35. The van der Waals surface area contributed by atoms with Crippen LogP contribution in [0.1, 0.15) is 22.3 Å². The molecule has 6 aromatic carbocycles. The Balaban J connectivity index is 1.28. The van der Waals surface area contributed by atoms with Crippen LogP contribution in [0.25, 0.3) is 90.7 Å². The molecule has 0 amide bonds. The predicted molar refractivity (Wildman–Crippen MR) is 233 cm³/mol. The predicted octanol–water partition coefficient (Wildman–Crippen LogP) is 12.0. The van der Waals surface area contributed by atoms with Crippen molar-refractivity contribution in [3.8, 4) is 90.7 Å². The van der Waals surface area contributed by atoms with Crippen molar-refractivity contribution < 1.29 is 0 Å². The number of nitrogens with zero attached hydrogens (tertiary/aromatic N) is 7. The van der Waals surface area contributed by atoms with Gasteiger partial charge in [0.05, 0.1) is 5.69 Å². The van der Waals surface area contributed by atoms with Crippen molar-refractivity contribution in [3.63, 3.8) is 0 Å². The first-order chi connectivity index (χ1) is 28.3. The van der Waals surface area contributed by atoms with Crippen LogP contribution in [0.5, 0.6) is 0 Å². The van der Waals surface area contributed by atoms with Crippen molar-refractivity contribution in [2.75, 3.05) is 0 Å². The fraction of sp³-hybridized carbons (Fsp3) is 0.0784. The summed E-state index contributed by atoms with van der Waals surface area (Å²) in [6.45, 7) is 8.30. The molecule has 3 aromatic heterocycles. The molecule has 3 heterocycles. The van der Waals surface area contributed by atoms with E-state index in [9.17, 15) is 0 Å². The van der Waals surface area contributed by atoms with Gasteiger partial charge in [-0.15, -0.1) is 0 Å². The molecule has 0 atom stereocenters. The van der Waals surface area contributed by atoms with Gasteiger partial charge in [-0.25, -0.2) is 29.9 Å². The van der Waals surface area contributed by atoms with E-state index >= 15 is 0 Å². The SMILES string of the molecule is Cc1cccc(-c2nc(-c3cccc(C)c3)nc(-c3cc(-c4ccc(-c5ccccn5)cc4)cc(-c4nc(-c5cccc(C)c5)nc(-c5cccc(C)c5)n4)c3)n2)c1. The Morgan fingerprint density at radius 3 is 0.948 bits per heavy atom. The van der Waals surface area contributed by atoms with Gasteiger partial charge < -0.3 is 0 Å². The first kappa shape index (κ1) is 36.1. The first-order valence-corrected chi connectivity index (χ1v) is 19.3. The zero-order valence-electron chi connectivity index (χ0n) is 32.7. The number of hydrogen-bond acceptors (Lipinski definition) is 7. The number of pyridine rings is 1. The molecule has 9 rings (SSSR count). The van der Waals surface area contributed by atoms with E-state index < -0.39 is 0 Å². The average molecular weight is 750 g/mol. The second kappa shape index (κ2) is 15.6. The summed E-state index contributed by atoms with van der Waals surface area (Å²) in [6.07, 6.45) is 1.81. The summed E-state index contributed by atoms with van der Waals surface area (Å²) in [5.41, 5.74) is 13.7. The van der Waals surface area contributed by atoms with Crippen LogP contribution >= 0.6 is 0 Å². The van der Waals surface area contributed by atoms with Gasteiger partial charge in [0.25, 0.3) is 0 Å². The van der Waals surface area contributed by atoms with Crippen molar-refractivity contribution in [1.82, 2.24) is 34.9 Å². The average Bonchev–Trinajstić information content (AvgIpc) is 3.26. The van der Waals surface area contributed by atoms with Gasteiger partial charge in [0.2, 0.25) is 0 Å². The van der Waals surface area contributed by atoms with Crippen LogP contribution in [0.2, 0.25) is 0 Å². The highest BCUT2D eigenvalue weighted by atomic mass is 15.0. The summed E-state index contributed by atoms with van der Waals surface area (Å²) in [6, 6.07) is 53.8. The van der Waals surface area contributed by atoms with Gasteiger partial charge in [-0.3, -0.25) is 4.98 Å². The van der Waals surface area contributed by atoms with Crippen LogP contribution in [0, 0.1) is 27.7 Å². The van der Waals surface area contributed by atoms with E-state index in [0.717, 1.165) is 78.0 Å². The van der Waals surface area contributed by atoms with Crippen LogP contribution in [-0.2, 0) is 0 Å². The van der Waals surface area contributed by atoms with E-state index in [2.05, 4.69) is 124 Å². The van der Waals surface area contributed by atoms with Crippen molar-refractivity contribution in [2.24, 2.45) is 0 Å². The van der Waals surface area contributed by atoms with Crippen molar-refractivity contribution in [3.05, 3.63) is 186 Å². The number of hydrogen-bond donors (Lipinski definition) is 0. The standard InChI is InChI=1S/C51H39N7/c1-32-11-7-15-38(25-32)46-53-47(39-16-8-12-33(2)26-39)56-50(55-46)43-29-42(36-20-22-37(23-21-36)45-19-5-6-24-52-45)30-44(31-43)51-57-48(40-17-9-13-34(3)27-40)54-49(58-51)41-18-10-14-35(4)28-41/h5-31H,1-4H3.